The van der Waals surface area contributed by atoms with Crippen LogP contribution in [0.4, 0.5) is 0 Å². The van der Waals surface area contributed by atoms with E-state index in [1.807, 2.05) is 18.3 Å². The number of hydrogen-bond donors (Lipinski definition) is 0. The first-order valence-corrected chi connectivity index (χ1v) is 13.6. The number of thiophene rings is 1. The molecule has 0 saturated carbocycles. The summed E-state index contributed by atoms with van der Waals surface area (Å²) in [6, 6.07) is 45.0. The number of rotatable bonds is 4. The standard InChI is InChI=1S/C35H24N2S/c1-23-18-32(26-16-17-34-31(22-26)30-14-8-9-15-33(30)38-34)37-35(36-23)29-20-27(24-10-4-2-5-11-24)19-28(21-29)25-12-6-3-7-13-25/h2-22H,1H3. The van der Waals surface area contributed by atoms with Gasteiger partial charge in [0.2, 0.25) is 0 Å². The van der Waals surface area contributed by atoms with Gasteiger partial charge in [0.05, 0.1) is 5.69 Å². The Kier molecular flexibility index (Phi) is 5.57. The molecule has 2 aromatic heterocycles. The molecule has 5 aromatic carbocycles. The van der Waals surface area contributed by atoms with Crippen LogP contribution in [0.25, 0.3) is 65.1 Å². The van der Waals surface area contributed by atoms with Gasteiger partial charge in [-0.3, -0.25) is 0 Å². The Balaban J connectivity index is 1.39. The lowest BCUT2D eigenvalue weighted by atomic mass is 9.95. The summed E-state index contributed by atoms with van der Waals surface area (Å²) in [5.41, 5.74) is 8.66. The number of aryl methyl sites for hydroxylation is 1. The fraction of sp³-hybridized carbons (Fsp3) is 0.0286. The fourth-order valence-electron chi connectivity index (χ4n) is 5.08. The Labute approximate surface area is 225 Å². The van der Waals surface area contributed by atoms with Crippen molar-refractivity contribution < 1.29 is 0 Å². The third-order valence-electron chi connectivity index (χ3n) is 6.93. The topological polar surface area (TPSA) is 25.8 Å². The Bertz CT molecular complexity index is 1860. The van der Waals surface area contributed by atoms with Crippen LogP contribution in [-0.4, -0.2) is 9.97 Å². The molecule has 0 aliphatic carbocycles. The van der Waals surface area contributed by atoms with Crippen LogP contribution >= 0.6 is 11.3 Å². The van der Waals surface area contributed by atoms with Gasteiger partial charge in [-0.05, 0) is 71.6 Å². The number of hydrogen-bond acceptors (Lipinski definition) is 3. The summed E-state index contributed by atoms with van der Waals surface area (Å²) in [5.74, 6) is 0.741. The third kappa shape index (κ3) is 4.17. The predicted molar refractivity (Wildman–Crippen MR) is 161 cm³/mol. The van der Waals surface area contributed by atoms with E-state index in [4.69, 9.17) is 9.97 Å². The number of aromatic nitrogens is 2. The van der Waals surface area contributed by atoms with Crippen molar-refractivity contribution in [3.63, 3.8) is 0 Å². The van der Waals surface area contributed by atoms with Crippen LogP contribution in [0.3, 0.4) is 0 Å². The molecule has 0 N–H and O–H groups in total. The molecule has 0 fully saturated rings. The second-order valence-corrected chi connectivity index (χ2v) is 10.6. The second-order valence-electron chi connectivity index (χ2n) is 9.56. The summed E-state index contributed by atoms with van der Waals surface area (Å²) in [6.45, 7) is 2.05. The van der Waals surface area contributed by atoms with Gasteiger partial charge in [-0.25, -0.2) is 9.97 Å². The maximum Gasteiger partial charge on any atom is 0.160 e. The van der Waals surface area contributed by atoms with Crippen molar-refractivity contribution >= 4 is 31.5 Å². The van der Waals surface area contributed by atoms with Crippen LogP contribution in [0, 0.1) is 6.92 Å². The molecule has 0 bridgehead atoms. The predicted octanol–water partition coefficient (Wildman–Crippen LogP) is 9.82. The molecule has 0 aliphatic rings. The molecule has 0 radical (unpaired) electrons. The lowest BCUT2D eigenvalue weighted by Crippen LogP contribution is -1.96. The zero-order valence-corrected chi connectivity index (χ0v) is 21.7. The van der Waals surface area contributed by atoms with E-state index in [0.717, 1.165) is 39.5 Å². The van der Waals surface area contributed by atoms with Crippen molar-refractivity contribution in [1.29, 1.82) is 0 Å². The summed E-state index contributed by atoms with van der Waals surface area (Å²) < 4.78 is 2.61. The zero-order chi connectivity index (χ0) is 25.5. The molecular formula is C35H24N2S. The first-order valence-electron chi connectivity index (χ1n) is 12.7. The molecule has 7 aromatic rings. The summed E-state index contributed by atoms with van der Waals surface area (Å²) >= 11 is 1.83. The normalized spacial score (nSPS) is 11.3. The monoisotopic (exact) mass is 504 g/mol. The van der Waals surface area contributed by atoms with E-state index >= 15 is 0 Å². The molecule has 0 aliphatic heterocycles. The van der Waals surface area contributed by atoms with E-state index in [2.05, 4.69) is 127 Å². The summed E-state index contributed by atoms with van der Waals surface area (Å²) in [7, 11) is 0. The van der Waals surface area contributed by atoms with Crippen molar-refractivity contribution in [1.82, 2.24) is 9.97 Å². The first-order chi connectivity index (χ1) is 18.7. The lowest BCUT2D eigenvalue weighted by Gasteiger charge is -2.12. The maximum atomic E-state index is 5.11. The minimum atomic E-state index is 0.741. The lowest BCUT2D eigenvalue weighted by molar-refractivity contribution is 1.12. The van der Waals surface area contributed by atoms with Crippen molar-refractivity contribution in [2.45, 2.75) is 6.92 Å². The second kappa shape index (κ2) is 9.37. The molecule has 3 heteroatoms. The van der Waals surface area contributed by atoms with Crippen molar-refractivity contribution in [2.75, 3.05) is 0 Å². The molecule has 2 heterocycles. The molecule has 0 saturated heterocycles. The molecule has 2 nitrogen and oxygen atoms in total. The van der Waals surface area contributed by atoms with Gasteiger partial charge in [0.15, 0.2) is 5.82 Å². The van der Waals surface area contributed by atoms with E-state index in [-0.39, 0.29) is 0 Å². The van der Waals surface area contributed by atoms with Gasteiger partial charge in [0.1, 0.15) is 0 Å². The van der Waals surface area contributed by atoms with Gasteiger partial charge in [-0.15, -0.1) is 11.3 Å². The fourth-order valence-corrected chi connectivity index (χ4v) is 6.17. The molecular weight excluding hydrogens is 480 g/mol. The van der Waals surface area contributed by atoms with E-state index in [9.17, 15) is 0 Å². The van der Waals surface area contributed by atoms with Crippen molar-refractivity contribution in [2.24, 2.45) is 0 Å². The van der Waals surface area contributed by atoms with Gasteiger partial charge in [0.25, 0.3) is 0 Å². The minimum absolute atomic E-state index is 0.741. The van der Waals surface area contributed by atoms with Gasteiger partial charge in [-0.2, -0.15) is 0 Å². The van der Waals surface area contributed by atoms with Gasteiger partial charge in [-0.1, -0.05) is 84.9 Å². The van der Waals surface area contributed by atoms with E-state index in [1.54, 1.807) is 0 Å². The first kappa shape index (κ1) is 22.6. The highest BCUT2D eigenvalue weighted by molar-refractivity contribution is 7.25. The Morgan fingerprint density at radius 3 is 1.76 bits per heavy atom. The number of fused-ring (bicyclic) bond motifs is 3. The molecule has 7 rings (SSSR count). The zero-order valence-electron chi connectivity index (χ0n) is 20.9. The molecule has 0 atom stereocenters. The summed E-state index contributed by atoms with van der Waals surface area (Å²) in [5, 5.41) is 2.57. The highest BCUT2D eigenvalue weighted by Crippen LogP contribution is 2.37. The molecule has 0 spiro atoms. The third-order valence-corrected chi connectivity index (χ3v) is 8.08. The Morgan fingerprint density at radius 1 is 0.447 bits per heavy atom. The van der Waals surface area contributed by atoms with Crippen LogP contribution in [0.5, 0.6) is 0 Å². The Hall–Kier alpha value is -4.60. The molecule has 0 amide bonds. The van der Waals surface area contributed by atoms with Crippen LogP contribution in [-0.2, 0) is 0 Å². The van der Waals surface area contributed by atoms with Gasteiger partial charge >= 0.3 is 0 Å². The quantitative estimate of drug-likeness (QED) is 0.238. The highest BCUT2D eigenvalue weighted by atomic mass is 32.1. The van der Waals surface area contributed by atoms with Crippen molar-refractivity contribution in [3.8, 4) is 44.9 Å². The summed E-state index contributed by atoms with van der Waals surface area (Å²) in [6.07, 6.45) is 0. The number of nitrogens with zero attached hydrogens (tertiary/aromatic N) is 2. The van der Waals surface area contributed by atoms with Crippen LogP contribution in [0.1, 0.15) is 5.69 Å². The van der Waals surface area contributed by atoms with Gasteiger partial charge < -0.3 is 0 Å². The summed E-state index contributed by atoms with van der Waals surface area (Å²) in [4.78, 5) is 10.00. The highest BCUT2D eigenvalue weighted by Gasteiger charge is 2.13. The molecule has 180 valence electrons. The van der Waals surface area contributed by atoms with E-state index in [0.29, 0.717) is 0 Å². The van der Waals surface area contributed by atoms with Crippen LogP contribution in [0.2, 0.25) is 0 Å². The van der Waals surface area contributed by atoms with Crippen molar-refractivity contribution in [3.05, 3.63) is 133 Å². The maximum absolute atomic E-state index is 5.11. The average molecular weight is 505 g/mol. The largest absolute Gasteiger partial charge is 0.233 e. The Morgan fingerprint density at radius 2 is 1.05 bits per heavy atom. The van der Waals surface area contributed by atoms with Gasteiger partial charge in [0, 0.05) is 37.0 Å². The smallest absolute Gasteiger partial charge is 0.160 e. The van der Waals surface area contributed by atoms with Crippen LogP contribution < -0.4 is 0 Å². The van der Waals surface area contributed by atoms with E-state index < -0.39 is 0 Å². The molecule has 38 heavy (non-hydrogen) atoms. The van der Waals surface area contributed by atoms with E-state index in [1.165, 1.54) is 31.3 Å². The average Bonchev–Trinajstić information content (AvgIpc) is 3.35. The number of benzene rings is 5. The molecule has 0 unspecified atom stereocenters. The van der Waals surface area contributed by atoms with Crippen LogP contribution in [0.15, 0.2) is 127 Å². The SMILES string of the molecule is Cc1cc(-c2ccc3sc4ccccc4c3c2)nc(-c2cc(-c3ccccc3)cc(-c3ccccc3)c2)n1. The minimum Gasteiger partial charge on any atom is -0.233 e.